The van der Waals surface area contributed by atoms with Gasteiger partial charge in [0.15, 0.2) is 5.78 Å². The van der Waals surface area contributed by atoms with Crippen LogP contribution in [0.25, 0.3) is 0 Å². The summed E-state index contributed by atoms with van der Waals surface area (Å²) < 4.78 is 0. The van der Waals surface area contributed by atoms with Crippen molar-refractivity contribution in [2.75, 3.05) is 0 Å². The minimum absolute atomic E-state index is 0.211. The molecule has 4 fully saturated rings. The Balaban J connectivity index is 1.64. The molecule has 0 radical (unpaired) electrons. The van der Waals surface area contributed by atoms with Crippen LogP contribution < -0.4 is 0 Å². The first kappa shape index (κ1) is 20.2. The minimum atomic E-state index is 0.211. The standard InChI is InChI=1S/C27H40O/c1-6-13-27(18(4)5)15-12-24-25-22(11-14-26(24,27)8-3)19(9-10-21(28)7-2)16-20-17-23(20)25/h6-7,13,19-20,22-25H,2,4,8-12,14-17H2,1,3,5H3/b13-6-. The molecule has 0 amide bonds. The fraction of sp³-hybridized carbons (Fsp3) is 0.741. The van der Waals surface area contributed by atoms with E-state index < -0.39 is 0 Å². The number of carbonyl (C=O) groups is 1. The summed E-state index contributed by atoms with van der Waals surface area (Å²) in [4.78, 5) is 11.9. The molecule has 0 aliphatic heterocycles. The van der Waals surface area contributed by atoms with Crippen LogP contribution in [-0.2, 0) is 4.79 Å². The SMILES string of the molecule is C=CC(=O)CCC1CC2CC2C2C1CCC1(CC)C2CCC1(/C=C\C)C(=C)C. The molecule has 0 heterocycles. The summed E-state index contributed by atoms with van der Waals surface area (Å²) in [6, 6.07) is 0. The third-order valence-corrected chi connectivity index (χ3v) is 9.85. The van der Waals surface area contributed by atoms with Crippen molar-refractivity contribution in [1.82, 2.24) is 0 Å². The molecule has 8 atom stereocenters. The molecule has 0 bridgehead atoms. The summed E-state index contributed by atoms with van der Waals surface area (Å²) in [6.07, 6.45) is 17.7. The van der Waals surface area contributed by atoms with E-state index in [1.54, 1.807) is 0 Å². The van der Waals surface area contributed by atoms with E-state index in [0.717, 1.165) is 41.9 Å². The van der Waals surface area contributed by atoms with E-state index in [1.165, 1.54) is 56.6 Å². The van der Waals surface area contributed by atoms with Gasteiger partial charge in [0.2, 0.25) is 0 Å². The van der Waals surface area contributed by atoms with Gasteiger partial charge in [-0.1, -0.05) is 37.8 Å². The van der Waals surface area contributed by atoms with Gasteiger partial charge in [0.1, 0.15) is 0 Å². The number of hydrogen-bond donors (Lipinski definition) is 0. The zero-order valence-corrected chi connectivity index (χ0v) is 18.4. The molecule has 1 nitrogen and oxygen atoms in total. The first-order valence-corrected chi connectivity index (χ1v) is 11.9. The maximum Gasteiger partial charge on any atom is 0.155 e. The van der Waals surface area contributed by atoms with Gasteiger partial charge in [0, 0.05) is 11.8 Å². The predicted octanol–water partition coefficient (Wildman–Crippen LogP) is 7.15. The zero-order valence-electron chi connectivity index (χ0n) is 18.4. The lowest BCUT2D eigenvalue weighted by molar-refractivity contribution is -0.115. The van der Waals surface area contributed by atoms with Crippen molar-refractivity contribution in [1.29, 1.82) is 0 Å². The maximum absolute atomic E-state index is 11.9. The van der Waals surface area contributed by atoms with Gasteiger partial charge in [-0.3, -0.25) is 4.79 Å². The molecule has 154 valence electrons. The maximum atomic E-state index is 11.9. The first-order valence-electron chi connectivity index (χ1n) is 11.9. The Kier molecular flexibility index (Phi) is 5.26. The van der Waals surface area contributed by atoms with E-state index in [0.29, 0.717) is 11.8 Å². The average molecular weight is 381 g/mol. The van der Waals surface area contributed by atoms with Crippen molar-refractivity contribution in [3.63, 3.8) is 0 Å². The van der Waals surface area contributed by atoms with Gasteiger partial charge in [-0.2, -0.15) is 0 Å². The lowest BCUT2D eigenvalue weighted by atomic mass is 9.47. The molecule has 8 unspecified atom stereocenters. The molecule has 4 aliphatic carbocycles. The lowest BCUT2D eigenvalue weighted by Gasteiger charge is -2.57. The molecule has 28 heavy (non-hydrogen) atoms. The molecule has 0 aromatic carbocycles. The van der Waals surface area contributed by atoms with E-state index >= 15 is 0 Å². The molecular formula is C27H40O. The molecule has 0 spiro atoms. The van der Waals surface area contributed by atoms with Crippen LogP contribution in [0.1, 0.15) is 78.6 Å². The highest BCUT2D eigenvalue weighted by atomic mass is 16.1. The molecule has 1 heteroatoms. The van der Waals surface area contributed by atoms with Crippen molar-refractivity contribution < 1.29 is 4.79 Å². The number of rotatable bonds is 7. The van der Waals surface area contributed by atoms with Crippen LogP contribution in [0.15, 0.2) is 37.0 Å². The van der Waals surface area contributed by atoms with Crippen LogP contribution >= 0.6 is 0 Å². The summed E-state index contributed by atoms with van der Waals surface area (Å²) >= 11 is 0. The van der Waals surface area contributed by atoms with Gasteiger partial charge in [-0.15, -0.1) is 0 Å². The minimum Gasteiger partial charge on any atom is -0.295 e. The third-order valence-electron chi connectivity index (χ3n) is 9.85. The smallest absolute Gasteiger partial charge is 0.155 e. The van der Waals surface area contributed by atoms with E-state index in [2.05, 4.69) is 46.1 Å². The molecule has 4 rings (SSSR count). The second-order valence-corrected chi connectivity index (χ2v) is 10.6. The summed E-state index contributed by atoms with van der Waals surface area (Å²) in [7, 11) is 0. The van der Waals surface area contributed by atoms with E-state index in [9.17, 15) is 4.79 Å². The van der Waals surface area contributed by atoms with Crippen molar-refractivity contribution in [3.8, 4) is 0 Å². The van der Waals surface area contributed by atoms with E-state index in [-0.39, 0.29) is 11.2 Å². The quantitative estimate of drug-likeness (QED) is 0.338. The number of hydrogen-bond acceptors (Lipinski definition) is 1. The topological polar surface area (TPSA) is 17.1 Å². The zero-order chi connectivity index (χ0) is 20.1. The Morgan fingerprint density at radius 2 is 1.96 bits per heavy atom. The summed E-state index contributed by atoms with van der Waals surface area (Å²) in [5.74, 6) is 5.58. The second kappa shape index (κ2) is 7.29. The predicted molar refractivity (Wildman–Crippen MR) is 118 cm³/mol. The number of ketones is 1. The van der Waals surface area contributed by atoms with Gasteiger partial charge >= 0.3 is 0 Å². The number of fused-ring (bicyclic) bond motifs is 5. The largest absolute Gasteiger partial charge is 0.295 e. The molecule has 0 N–H and O–H groups in total. The van der Waals surface area contributed by atoms with Crippen LogP contribution in [-0.4, -0.2) is 5.78 Å². The van der Waals surface area contributed by atoms with Crippen LogP contribution in [0.2, 0.25) is 0 Å². The van der Waals surface area contributed by atoms with Crippen molar-refractivity contribution in [2.24, 2.45) is 46.3 Å². The fourth-order valence-electron chi connectivity index (χ4n) is 8.70. The summed E-state index contributed by atoms with van der Waals surface area (Å²) in [5, 5.41) is 0. The Bertz CT molecular complexity index is 686. The van der Waals surface area contributed by atoms with Gasteiger partial charge < -0.3 is 0 Å². The summed E-state index contributed by atoms with van der Waals surface area (Å²) in [5.41, 5.74) is 2.02. The van der Waals surface area contributed by atoms with Crippen LogP contribution in [0.5, 0.6) is 0 Å². The Morgan fingerprint density at radius 1 is 1.18 bits per heavy atom. The van der Waals surface area contributed by atoms with Crippen LogP contribution in [0.4, 0.5) is 0 Å². The van der Waals surface area contributed by atoms with Crippen molar-refractivity contribution >= 4 is 5.78 Å². The van der Waals surface area contributed by atoms with E-state index in [1.807, 2.05) is 0 Å². The van der Waals surface area contributed by atoms with Gasteiger partial charge in [0.25, 0.3) is 0 Å². The second-order valence-electron chi connectivity index (χ2n) is 10.6. The monoisotopic (exact) mass is 380 g/mol. The highest BCUT2D eigenvalue weighted by Crippen LogP contribution is 2.74. The Labute approximate surface area is 172 Å². The van der Waals surface area contributed by atoms with Gasteiger partial charge in [-0.05, 0) is 112 Å². The van der Waals surface area contributed by atoms with E-state index in [4.69, 9.17) is 0 Å². The molecule has 4 aliphatic rings. The van der Waals surface area contributed by atoms with Gasteiger partial charge in [0.05, 0.1) is 0 Å². The van der Waals surface area contributed by atoms with Gasteiger partial charge in [-0.25, -0.2) is 0 Å². The lowest BCUT2D eigenvalue weighted by Crippen LogP contribution is -2.51. The molecule has 0 saturated heterocycles. The molecule has 4 saturated carbocycles. The van der Waals surface area contributed by atoms with Crippen LogP contribution in [0.3, 0.4) is 0 Å². The Morgan fingerprint density at radius 3 is 2.61 bits per heavy atom. The normalized spacial score (nSPS) is 46.5. The molecular weight excluding hydrogens is 340 g/mol. The highest BCUT2D eigenvalue weighted by molar-refractivity contribution is 5.88. The first-order chi connectivity index (χ1) is 13.4. The average Bonchev–Trinajstić information content (AvgIpc) is 3.40. The van der Waals surface area contributed by atoms with Crippen LogP contribution in [0, 0.1) is 46.3 Å². The molecule has 0 aromatic heterocycles. The number of allylic oxidation sites excluding steroid dienone is 4. The Hall–Kier alpha value is -1.11. The summed E-state index contributed by atoms with van der Waals surface area (Å²) in [6.45, 7) is 15.1. The third kappa shape index (κ3) is 2.75. The molecule has 0 aromatic rings. The highest BCUT2D eigenvalue weighted by Gasteiger charge is 2.67. The number of carbonyl (C=O) groups excluding carboxylic acids is 1. The van der Waals surface area contributed by atoms with Crippen molar-refractivity contribution in [2.45, 2.75) is 78.6 Å². The van der Waals surface area contributed by atoms with Crippen molar-refractivity contribution in [3.05, 3.63) is 37.0 Å². The fourth-order valence-corrected chi connectivity index (χ4v) is 8.70.